The second-order valence-electron chi connectivity index (χ2n) is 3.51. The molecule has 0 atom stereocenters. The van der Waals surface area contributed by atoms with Gasteiger partial charge in [0.15, 0.2) is 0 Å². The molecule has 1 rings (SSSR count). The van der Waals surface area contributed by atoms with E-state index >= 15 is 0 Å². The van der Waals surface area contributed by atoms with Crippen LogP contribution in [0.4, 0.5) is 0 Å². The molecule has 0 amide bonds. The van der Waals surface area contributed by atoms with Gasteiger partial charge >= 0.3 is 5.97 Å². The molecule has 3 heteroatoms. The highest BCUT2D eigenvalue weighted by Crippen LogP contribution is 2.23. The Morgan fingerprint density at radius 3 is 2.69 bits per heavy atom. The minimum Gasteiger partial charge on any atom is -0.508 e. The first-order valence-corrected chi connectivity index (χ1v) is 5.20. The number of hydrogen-bond donors (Lipinski definition) is 1. The van der Waals surface area contributed by atoms with Crippen LogP contribution in [0.1, 0.15) is 23.6 Å². The number of ether oxygens (including phenoxy) is 1. The molecular formula is C13H16O3. The van der Waals surface area contributed by atoms with Crippen molar-refractivity contribution in [3.8, 4) is 5.75 Å². The summed E-state index contributed by atoms with van der Waals surface area (Å²) in [6, 6.07) is 3.39. The van der Waals surface area contributed by atoms with Gasteiger partial charge in [0.05, 0.1) is 6.61 Å². The minimum atomic E-state index is -0.354. The van der Waals surface area contributed by atoms with E-state index in [4.69, 9.17) is 4.74 Å². The topological polar surface area (TPSA) is 46.5 Å². The third-order valence-electron chi connectivity index (χ3n) is 2.49. The summed E-state index contributed by atoms with van der Waals surface area (Å²) in [7, 11) is 0. The van der Waals surface area contributed by atoms with Crippen molar-refractivity contribution in [2.24, 2.45) is 0 Å². The SMILES string of the molecule is CCOC(=O)/C=C/c1ccc(O)c(C)c1C. The van der Waals surface area contributed by atoms with Crippen LogP contribution in [0, 0.1) is 13.8 Å². The third kappa shape index (κ3) is 2.86. The molecule has 0 spiro atoms. The summed E-state index contributed by atoms with van der Waals surface area (Å²) in [4.78, 5) is 11.1. The van der Waals surface area contributed by atoms with Gasteiger partial charge in [0.25, 0.3) is 0 Å². The van der Waals surface area contributed by atoms with Gasteiger partial charge in [0.2, 0.25) is 0 Å². The van der Waals surface area contributed by atoms with Crippen LogP contribution in [-0.4, -0.2) is 17.7 Å². The van der Waals surface area contributed by atoms with Crippen molar-refractivity contribution in [1.82, 2.24) is 0 Å². The largest absolute Gasteiger partial charge is 0.508 e. The van der Waals surface area contributed by atoms with E-state index in [0.29, 0.717) is 6.61 Å². The fourth-order valence-electron chi connectivity index (χ4n) is 1.36. The Morgan fingerprint density at radius 2 is 2.06 bits per heavy atom. The van der Waals surface area contributed by atoms with Crippen LogP contribution in [0.3, 0.4) is 0 Å². The first-order valence-electron chi connectivity index (χ1n) is 5.20. The molecule has 0 fully saturated rings. The van der Waals surface area contributed by atoms with Gasteiger partial charge in [0.1, 0.15) is 5.75 Å². The van der Waals surface area contributed by atoms with Gasteiger partial charge in [-0.15, -0.1) is 0 Å². The van der Waals surface area contributed by atoms with Crippen LogP contribution in [-0.2, 0) is 9.53 Å². The van der Waals surface area contributed by atoms with Crippen molar-refractivity contribution in [3.05, 3.63) is 34.9 Å². The molecule has 0 aliphatic carbocycles. The molecule has 1 aromatic carbocycles. The standard InChI is InChI=1S/C13H16O3/c1-4-16-13(15)8-6-11-5-7-12(14)10(3)9(11)2/h5-8,14H,4H2,1-3H3/b8-6+. The van der Waals surface area contributed by atoms with Gasteiger partial charge in [0, 0.05) is 6.08 Å². The molecule has 0 aliphatic heterocycles. The molecule has 16 heavy (non-hydrogen) atoms. The Labute approximate surface area is 95.4 Å². The number of benzene rings is 1. The molecule has 0 unspecified atom stereocenters. The van der Waals surface area contributed by atoms with E-state index in [-0.39, 0.29) is 11.7 Å². The molecule has 0 radical (unpaired) electrons. The number of rotatable bonds is 3. The van der Waals surface area contributed by atoms with Crippen molar-refractivity contribution in [2.45, 2.75) is 20.8 Å². The van der Waals surface area contributed by atoms with Gasteiger partial charge in [-0.3, -0.25) is 0 Å². The van der Waals surface area contributed by atoms with Crippen LogP contribution >= 0.6 is 0 Å². The van der Waals surface area contributed by atoms with Crippen LogP contribution in [0.2, 0.25) is 0 Å². The van der Waals surface area contributed by atoms with Crippen molar-refractivity contribution in [2.75, 3.05) is 6.61 Å². The monoisotopic (exact) mass is 220 g/mol. The lowest BCUT2D eigenvalue weighted by Crippen LogP contribution is -1.98. The number of phenolic OH excluding ortho intramolecular Hbond substituents is 1. The Kier molecular flexibility index (Phi) is 4.11. The van der Waals surface area contributed by atoms with Gasteiger partial charge in [-0.1, -0.05) is 6.07 Å². The van der Waals surface area contributed by atoms with E-state index in [2.05, 4.69) is 0 Å². The number of hydrogen-bond acceptors (Lipinski definition) is 3. The maximum Gasteiger partial charge on any atom is 0.330 e. The van der Waals surface area contributed by atoms with Crippen LogP contribution < -0.4 is 0 Å². The normalized spacial score (nSPS) is 10.7. The zero-order valence-electron chi connectivity index (χ0n) is 9.78. The minimum absolute atomic E-state index is 0.269. The van der Waals surface area contributed by atoms with E-state index in [1.54, 1.807) is 25.1 Å². The molecular weight excluding hydrogens is 204 g/mol. The van der Waals surface area contributed by atoms with E-state index in [1.807, 2.05) is 13.8 Å². The lowest BCUT2D eigenvalue weighted by molar-refractivity contribution is -0.137. The van der Waals surface area contributed by atoms with Gasteiger partial charge < -0.3 is 9.84 Å². The number of phenols is 1. The Hall–Kier alpha value is -1.77. The van der Waals surface area contributed by atoms with Crippen molar-refractivity contribution in [1.29, 1.82) is 0 Å². The molecule has 0 saturated heterocycles. The molecule has 1 aromatic rings. The number of carbonyl (C=O) groups is 1. The van der Waals surface area contributed by atoms with Crippen molar-refractivity contribution in [3.63, 3.8) is 0 Å². The van der Waals surface area contributed by atoms with E-state index in [0.717, 1.165) is 16.7 Å². The highest BCUT2D eigenvalue weighted by Gasteiger charge is 2.03. The molecule has 0 saturated carbocycles. The summed E-state index contributed by atoms with van der Waals surface area (Å²) in [6.07, 6.45) is 3.09. The first kappa shape index (κ1) is 12.3. The Balaban J connectivity index is 2.90. The van der Waals surface area contributed by atoms with Gasteiger partial charge in [-0.2, -0.15) is 0 Å². The third-order valence-corrected chi connectivity index (χ3v) is 2.49. The van der Waals surface area contributed by atoms with Gasteiger partial charge in [-0.05, 0) is 49.6 Å². The quantitative estimate of drug-likeness (QED) is 0.629. The highest BCUT2D eigenvalue weighted by atomic mass is 16.5. The number of aromatic hydroxyl groups is 1. The summed E-state index contributed by atoms with van der Waals surface area (Å²) in [6.45, 7) is 5.88. The maximum atomic E-state index is 11.1. The molecule has 1 N–H and O–H groups in total. The lowest BCUT2D eigenvalue weighted by Gasteiger charge is -2.06. The predicted octanol–water partition coefficient (Wildman–Crippen LogP) is 2.59. The maximum absolute atomic E-state index is 11.1. The second kappa shape index (κ2) is 5.35. The second-order valence-corrected chi connectivity index (χ2v) is 3.51. The van der Waals surface area contributed by atoms with E-state index in [1.165, 1.54) is 6.08 Å². The first-order chi connectivity index (χ1) is 7.56. The lowest BCUT2D eigenvalue weighted by atomic mass is 10.0. The Bertz CT molecular complexity index is 419. The predicted molar refractivity (Wildman–Crippen MR) is 63.2 cm³/mol. The smallest absolute Gasteiger partial charge is 0.330 e. The highest BCUT2D eigenvalue weighted by molar-refractivity contribution is 5.87. The van der Waals surface area contributed by atoms with Crippen molar-refractivity contribution < 1.29 is 14.6 Å². The summed E-state index contributed by atoms with van der Waals surface area (Å²) in [5.41, 5.74) is 2.69. The van der Waals surface area contributed by atoms with Crippen LogP contribution in [0.25, 0.3) is 6.08 Å². The number of carbonyl (C=O) groups excluding carboxylic acids is 1. The summed E-state index contributed by atoms with van der Waals surface area (Å²) in [5.74, 6) is -0.0848. The zero-order valence-corrected chi connectivity index (χ0v) is 9.78. The summed E-state index contributed by atoms with van der Waals surface area (Å²) < 4.78 is 4.78. The fourth-order valence-corrected chi connectivity index (χ4v) is 1.36. The van der Waals surface area contributed by atoms with Gasteiger partial charge in [-0.25, -0.2) is 4.79 Å². The average Bonchev–Trinajstić information content (AvgIpc) is 2.25. The average molecular weight is 220 g/mol. The van der Waals surface area contributed by atoms with E-state index < -0.39 is 0 Å². The molecule has 0 heterocycles. The van der Waals surface area contributed by atoms with Crippen molar-refractivity contribution >= 4 is 12.0 Å². The molecule has 86 valence electrons. The molecule has 0 aromatic heterocycles. The molecule has 0 bridgehead atoms. The number of esters is 1. The summed E-state index contributed by atoms with van der Waals surface area (Å²) >= 11 is 0. The molecule has 3 nitrogen and oxygen atoms in total. The zero-order chi connectivity index (χ0) is 12.1. The van der Waals surface area contributed by atoms with Crippen LogP contribution in [0.5, 0.6) is 5.75 Å². The molecule has 0 aliphatic rings. The van der Waals surface area contributed by atoms with Crippen LogP contribution in [0.15, 0.2) is 18.2 Å². The summed E-state index contributed by atoms with van der Waals surface area (Å²) in [5, 5.41) is 9.47. The van der Waals surface area contributed by atoms with E-state index in [9.17, 15) is 9.90 Å². The fraction of sp³-hybridized carbons (Fsp3) is 0.308. The Morgan fingerprint density at radius 1 is 1.38 bits per heavy atom.